The molecule has 0 radical (unpaired) electrons. The van der Waals surface area contributed by atoms with Crippen LogP contribution in [0, 0.1) is 0 Å². The monoisotopic (exact) mass is 263 g/mol. The molecule has 0 unspecified atom stereocenters. The number of aromatic hydroxyl groups is 2. The van der Waals surface area contributed by atoms with Crippen molar-refractivity contribution in [2.75, 3.05) is 0 Å². The van der Waals surface area contributed by atoms with E-state index < -0.39 is 0 Å². The first-order chi connectivity index (χ1) is 8.72. The maximum atomic E-state index is 10.1. The summed E-state index contributed by atoms with van der Waals surface area (Å²) in [6.07, 6.45) is 1.96. The molecule has 1 heterocycles. The van der Waals surface area contributed by atoms with Gasteiger partial charge in [0.25, 0.3) is 0 Å². The minimum atomic E-state index is 0.124. The highest BCUT2D eigenvalue weighted by Crippen LogP contribution is 2.39. The van der Waals surface area contributed by atoms with Gasteiger partial charge in [0.1, 0.15) is 0 Å². The van der Waals surface area contributed by atoms with Crippen molar-refractivity contribution < 1.29 is 10.2 Å². The second-order valence-corrected chi connectivity index (χ2v) is 5.23. The summed E-state index contributed by atoms with van der Waals surface area (Å²) in [6, 6.07) is 11.4. The fourth-order valence-electron chi connectivity index (χ4n) is 1.73. The summed E-state index contributed by atoms with van der Waals surface area (Å²) in [7, 11) is 0. The SMILES string of the molecule is CCCCn1c(O)cc(Sc2ccccc2)c1O. The van der Waals surface area contributed by atoms with Crippen LogP contribution in [0.3, 0.4) is 0 Å². The Morgan fingerprint density at radius 1 is 1.17 bits per heavy atom. The summed E-state index contributed by atoms with van der Waals surface area (Å²) < 4.78 is 1.55. The van der Waals surface area contributed by atoms with Gasteiger partial charge in [-0.05, 0) is 18.6 Å². The summed E-state index contributed by atoms with van der Waals surface area (Å²) >= 11 is 1.45. The Labute approximate surface area is 111 Å². The number of hydrogen-bond acceptors (Lipinski definition) is 3. The van der Waals surface area contributed by atoms with Crippen LogP contribution in [0.1, 0.15) is 19.8 Å². The van der Waals surface area contributed by atoms with Crippen molar-refractivity contribution in [1.29, 1.82) is 0 Å². The lowest BCUT2D eigenvalue weighted by molar-refractivity contribution is 0.360. The Hall–Kier alpha value is -1.55. The van der Waals surface area contributed by atoms with Crippen LogP contribution in [0.25, 0.3) is 0 Å². The lowest BCUT2D eigenvalue weighted by Crippen LogP contribution is -1.95. The molecule has 0 atom stereocenters. The van der Waals surface area contributed by atoms with Gasteiger partial charge in [0.05, 0.1) is 4.90 Å². The first kappa shape index (κ1) is 12.9. The van der Waals surface area contributed by atoms with Crippen LogP contribution in [0.4, 0.5) is 0 Å². The van der Waals surface area contributed by atoms with Crippen LogP contribution in [-0.4, -0.2) is 14.8 Å². The van der Waals surface area contributed by atoms with Gasteiger partial charge in [-0.25, -0.2) is 0 Å². The summed E-state index contributed by atoms with van der Waals surface area (Å²) in [5.41, 5.74) is 0. The lowest BCUT2D eigenvalue weighted by atomic mass is 10.3. The highest BCUT2D eigenvalue weighted by Gasteiger charge is 2.14. The highest BCUT2D eigenvalue weighted by molar-refractivity contribution is 7.99. The minimum Gasteiger partial charge on any atom is -0.494 e. The van der Waals surface area contributed by atoms with Crippen LogP contribution < -0.4 is 0 Å². The van der Waals surface area contributed by atoms with E-state index in [2.05, 4.69) is 6.92 Å². The van der Waals surface area contributed by atoms with Gasteiger partial charge in [0.15, 0.2) is 5.88 Å². The predicted molar refractivity (Wildman–Crippen MR) is 73.2 cm³/mol. The Balaban J connectivity index is 2.19. The highest BCUT2D eigenvalue weighted by atomic mass is 32.2. The maximum absolute atomic E-state index is 10.1. The molecule has 0 saturated carbocycles. The lowest BCUT2D eigenvalue weighted by Gasteiger charge is -2.05. The first-order valence-electron chi connectivity index (χ1n) is 6.06. The summed E-state index contributed by atoms with van der Waals surface area (Å²) in [4.78, 5) is 1.73. The van der Waals surface area contributed by atoms with Gasteiger partial charge in [-0.3, -0.25) is 4.57 Å². The normalized spacial score (nSPS) is 10.7. The third-order valence-corrected chi connectivity index (χ3v) is 3.75. The van der Waals surface area contributed by atoms with E-state index in [1.165, 1.54) is 11.8 Å². The third kappa shape index (κ3) is 2.82. The molecule has 0 aliphatic heterocycles. The molecule has 96 valence electrons. The molecular formula is C14H17NO2S. The minimum absolute atomic E-state index is 0.124. The Morgan fingerprint density at radius 3 is 2.56 bits per heavy atom. The van der Waals surface area contributed by atoms with Crippen molar-refractivity contribution in [3.05, 3.63) is 36.4 Å². The topological polar surface area (TPSA) is 45.4 Å². The van der Waals surface area contributed by atoms with Gasteiger partial charge in [-0.2, -0.15) is 0 Å². The van der Waals surface area contributed by atoms with Crippen LogP contribution in [0.15, 0.2) is 46.2 Å². The van der Waals surface area contributed by atoms with Crippen molar-refractivity contribution in [2.45, 2.75) is 36.1 Å². The second-order valence-electron chi connectivity index (χ2n) is 4.11. The number of benzene rings is 1. The van der Waals surface area contributed by atoms with Crippen LogP contribution in [0.2, 0.25) is 0 Å². The van der Waals surface area contributed by atoms with Crippen LogP contribution >= 0.6 is 11.8 Å². The molecule has 0 aliphatic rings. The van der Waals surface area contributed by atoms with Crippen molar-refractivity contribution in [3.63, 3.8) is 0 Å². The molecule has 0 saturated heterocycles. The number of hydrogen-bond donors (Lipinski definition) is 2. The summed E-state index contributed by atoms with van der Waals surface area (Å²) in [5, 5.41) is 19.9. The molecule has 18 heavy (non-hydrogen) atoms. The number of aromatic nitrogens is 1. The molecule has 1 aromatic carbocycles. The van der Waals surface area contributed by atoms with Crippen LogP contribution in [0.5, 0.6) is 11.8 Å². The van der Waals surface area contributed by atoms with Crippen molar-refractivity contribution in [1.82, 2.24) is 4.57 Å². The zero-order valence-electron chi connectivity index (χ0n) is 10.3. The second kappa shape index (κ2) is 5.87. The van der Waals surface area contributed by atoms with Crippen molar-refractivity contribution >= 4 is 11.8 Å². The predicted octanol–water partition coefficient (Wildman–Crippen LogP) is 3.85. The smallest absolute Gasteiger partial charge is 0.208 e. The Kier molecular flexibility index (Phi) is 4.20. The summed E-state index contributed by atoms with van der Waals surface area (Å²) in [5.74, 6) is 0.272. The van der Waals surface area contributed by atoms with Gasteiger partial charge in [0, 0.05) is 17.5 Å². The number of rotatable bonds is 5. The Bertz CT molecular complexity index is 508. The zero-order chi connectivity index (χ0) is 13.0. The molecular weight excluding hydrogens is 246 g/mol. The fraction of sp³-hybridized carbons (Fsp3) is 0.286. The molecule has 2 rings (SSSR count). The molecule has 2 aromatic rings. The van der Waals surface area contributed by atoms with Gasteiger partial charge in [0.2, 0.25) is 5.88 Å². The fourth-order valence-corrected chi connectivity index (χ4v) is 2.64. The molecule has 0 amide bonds. The first-order valence-corrected chi connectivity index (χ1v) is 6.88. The van der Waals surface area contributed by atoms with E-state index in [1.54, 1.807) is 10.6 Å². The van der Waals surface area contributed by atoms with E-state index in [-0.39, 0.29) is 11.8 Å². The molecule has 2 N–H and O–H groups in total. The van der Waals surface area contributed by atoms with E-state index in [0.29, 0.717) is 11.4 Å². The van der Waals surface area contributed by atoms with Crippen molar-refractivity contribution in [3.8, 4) is 11.8 Å². The number of nitrogens with zero attached hydrogens (tertiary/aromatic N) is 1. The standard InChI is InChI=1S/C14H17NO2S/c1-2-3-9-15-13(16)10-12(14(15)17)18-11-7-5-4-6-8-11/h4-8,10,16-17H,2-3,9H2,1H3. The molecule has 4 heteroatoms. The van der Waals surface area contributed by atoms with E-state index in [1.807, 2.05) is 30.3 Å². The van der Waals surface area contributed by atoms with Crippen molar-refractivity contribution in [2.24, 2.45) is 0 Å². The van der Waals surface area contributed by atoms with Gasteiger partial charge >= 0.3 is 0 Å². The van der Waals surface area contributed by atoms with Gasteiger partial charge in [-0.15, -0.1) is 0 Å². The quantitative estimate of drug-likeness (QED) is 0.861. The maximum Gasteiger partial charge on any atom is 0.208 e. The summed E-state index contributed by atoms with van der Waals surface area (Å²) in [6.45, 7) is 2.72. The van der Waals surface area contributed by atoms with E-state index >= 15 is 0 Å². The Morgan fingerprint density at radius 2 is 1.89 bits per heavy atom. The molecule has 0 bridgehead atoms. The number of unbranched alkanes of at least 4 members (excludes halogenated alkanes) is 1. The molecule has 1 aromatic heterocycles. The van der Waals surface area contributed by atoms with Crippen LogP contribution in [-0.2, 0) is 6.54 Å². The molecule has 3 nitrogen and oxygen atoms in total. The van der Waals surface area contributed by atoms with E-state index in [4.69, 9.17) is 0 Å². The zero-order valence-corrected chi connectivity index (χ0v) is 11.2. The largest absolute Gasteiger partial charge is 0.494 e. The van der Waals surface area contributed by atoms with E-state index in [9.17, 15) is 10.2 Å². The third-order valence-electron chi connectivity index (χ3n) is 2.72. The average molecular weight is 263 g/mol. The molecule has 0 aliphatic carbocycles. The molecule has 0 spiro atoms. The average Bonchev–Trinajstić information content (AvgIpc) is 2.64. The van der Waals surface area contributed by atoms with Gasteiger partial charge < -0.3 is 10.2 Å². The van der Waals surface area contributed by atoms with Gasteiger partial charge in [-0.1, -0.05) is 43.3 Å². The molecule has 0 fully saturated rings. The van der Waals surface area contributed by atoms with E-state index in [0.717, 1.165) is 17.7 Å².